The van der Waals surface area contributed by atoms with Gasteiger partial charge in [0.05, 0.1) is 18.8 Å². The summed E-state index contributed by atoms with van der Waals surface area (Å²) in [6, 6.07) is 17.7. The highest BCUT2D eigenvalue weighted by Crippen LogP contribution is 2.49. The predicted molar refractivity (Wildman–Crippen MR) is 101 cm³/mol. The van der Waals surface area contributed by atoms with Gasteiger partial charge in [-0.25, -0.2) is 0 Å². The summed E-state index contributed by atoms with van der Waals surface area (Å²) in [4.78, 5) is 2.35. The maximum Gasteiger partial charge on any atom is 0.119 e. The number of hydrogen-bond donors (Lipinski definition) is 2. The van der Waals surface area contributed by atoms with Gasteiger partial charge in [-0.15, -0.1) is 0 Å². The van der Waals surface area contributed by atoms with Crippen LogP contribution in [0.2, 0.25) is 0 Å². The third kappa shape index (κ3) is 3.37. The lowest BCUT2D eigenvalue weighted by atomic mass is 9.90. The molecule has 1 saturated heterocycles. The van der Waals surface area contributed by atoms with Crippen LogP contribution in [0.5, 0.6) is 5.75 Å². The van der Waals surface area contributed by atoms with Gasteiger partial charge in [0.15, 0.2) is 0 Å². The summed E-state index contributed by atoms with van der Waals surface area (Å²) >= 11 is 0. The van der Waals surface area contributed by atoms with Crippen LogP contribution in [0.25, 0.3) is 0 Å². The van der Waals surface area contributed by atoms with Crippen molar-refractivity contribution in [2.24, 2.45) is 11.8 Å². The fraction of sp³-hybridized carbons (Fsp3) is 0.455. The molecule has 1 aliphatic carbocycles. The smallest absolute Gasteiger partial charge is 0.119 e. The summed E-state index contributed by atoms with van der Waals surface area (Å²) in [7, 11) is 1.66. The van der Waals surface area contributed by atoms with Crippen molar-refractivity contribution in [3.05, 3.63) is 65.7 Å². The first-order valence-corrected chi connectivity index (χ1v) is 9.40. The normalized spacial score (nSPS) is 29.5. The summed E-state index contributed by atoms with van der Waals surface area (Å²) in [5.74, 6) is 1.75. The molecule has 2 fully saturated rings. The van der Waals surface area contributed by atoms with E-state index in [9.17, 15) is 10.2 Å². The fourth-order valence-corrected chi connectivity index (χ4v) is 4.77. The number of rotatable bonds is 5. The third-order valence-electron chi connectivity index (χ3n) is 6.07. The second-order valence-electron chi connectivity index (χ2n) is 7.84. The fourth-order valence-electron chi connectivity index (χ4n) is 4.77. The minimum atomic E-state index is -0.756. The molecule has 2 N–H and O–H groups in total. The molecule has 1 saturated carbocycles. The number of likely N-dealkylation sites (tertiary alicyclic amines) is 1. The van der Waals surface area contributed by atoms with Crippen molar-refractivity contribution >= 4 is 0 Å². The van der Waals surface area contributed by atoms with Crippen LogP contribution in [0.3, 0.4) is 0 Å². The molecule has 4 rings (SSSR count). The molecule has 4 nitrogen and oxygen atoms in total. The third-order valence-corrected chi connectivity index (χ3v) is 6.07. The molecular formula is C22H27NO3. The largest absolute Gasteiger partial charge is 0.497 e. The first-order valence-electron chi connectivity index (χ1n) is 9.40. The van der Waals surface area contributed by atoms with Crippen LogP contribution >= 0.6 is 0 Å². The van der Waals surface area contributed by atoms with Crippen LogP contribution in [0.1, 0.15) is 30.1 Å². The second kappa shape index (κ2) is 7.03. The van der Waals surface area contributed by atoms with Gasteiger partial charge in [-0.3, -0.25) is 4.90 Å². The number of fused-ring (bicyclic) bond motifs is 1. The standard InChI is InChI=1S/C22H27NO3/c1-26-20-9-5-8-19(10-20)22(25)11-17-13-23(14-18(17)12-22)15-21(24)16-6-3-2-4-7-16/h2-10,17-18,21,24-25H,11-15H2,1H3/t17-,18+,21?,22-. The summed E-state index contributed by atoms with van der Waals surface area (Å²) < 4.78 is 5.31. The van der Waals surface area contributed by atoms with Crippen LogP contribution in [0.15, 0.2) is 54.6 Å². The highest BCUT2D eigenvalue weighted by atomic mass is 16.5. The minimum Gasteiger partial charge on any atom is -0.497 e. The van der Waals surface area contributed by atoms with Crippen LogP contribution < -0.4 is 4.74 Å². The Balaban J connectivity index is 1.39. The van der Waals surface area contributed by atoms with Crippen LogP contribution in [0.4, 0.5) is 0 Å². The molecule has 1 heterocycles. The topological polar surface area (TPSA) is 52.9 Å². The highest BCUT2D eigenvalue weighted by Gasteiger charge is 2.49. The molecule has 0 aromatic heterocycles. The molecule has 0 bridgehead atoms. The van der Waals surface area contributed by atoms with Crippen LogP contribution in [0, 0.1) is 11.8 Å². The Bertz CT molecular complexity index is 734. The Kier molecular flexibility index (Phi) is 4.74. The number of ether oxygens (including phenoxy) is 1. The summed E-state index contributed by atoms with van der Waals surface area (Å²) in [6.07, 6.45) is 1.11. The van der Waals surface area contributed by atoms with Crippen LogP contribution in [-0.2, 0) is 5.60 Å². The predicted octanol–water partition coefficient (Wildman–Crippen LogP) is 2.96. The van der Waals surface area contributed by atoms with Gasteiger partial charge in [-0.05, 0) is 47.9 Å². The summed E-state index contributed by atoms with van der Waals surface area (Å²) in [5, 5.41) is 21.7. The van der Waals surface area contributed by atoms with Crippen molar-refractivity contribution in [2.45, 2.75) is 24.5 Å². The van der Waals surface area contributed by atoms with Gasteiger partial charge in [0, 0.05) is 19.6 Å². The van der Waals surface area contributed by atoms with Gasteiger partial charge >= 0.3 is 0 Å². The molecule has 26 heavy (non-hydrogen) atoms. The number of methoxy groups -OCH3 is 1. The molecule has 2 aromatic carbocycles. The number of aliphatic hydroxyl groups excluding tert-OH is 1. The van der Waals surface area contributed by atoms with Crippen molar-refractivity contribution in [2.75, 3.05) is 26.7 Å². The monoisotopic (exact) mass is 353 g/mol. The van der Waals surface area contributed by atoms with Crippen molar-refractivity contribution in [3.63, 3.8) is 0 Å². The first kappa shape index (κ1) is 17.5. The quantitative estimate of drug-likeness (QED) is 0.868. The number of benzene rings is 2. The Morgan fingerprint density at radius 3 is 2.42 bits per heavy atom. The van der Waals surface area contributed by atoms with E-state index < -0.39 is 11.7 Å². The van der Waals surface area contributed by atoms with Gasteiger partial charge in [0.1, 0.15) is 5.75 Å². The maximum atomic E-state index is 11.2. The number of hydrogen-bond acceptors (Lipinski definition) is 4. The molecule has 2 aromatic rings. The maximum absolute atomic E-state index is 11.2. The van der Waals surface area contributed by atoms with E-state index in [-0.39, 0.29) is 0 Å². The summed E-state index contributed by atoms with van der Waals surface area (Å²) in [5.41, 5.74) is 1.17. The number of aliphatic hydroxyl groups is 2. The molecule has 2 aliphatic rings. The molecule has 1 unspecified atom stereocenters. The van der Waals surface area contributed by atoms with Crippen molar-refractivity contribution in [1.29, 1.82) is 0 Å². The Morgan fingerprint density at radius 1 is 1.08 bits per heavy atom. The lowest BCUT2D eigenvalue weighted by Gasteiger charge is -2.27. The lowest BCUT2D eigenvalue weighted by Crippen LogP contribution is -2.31. The first-order chi connectivity index (χ1) is 12.6. The van der Waals surface area contributed by atoms with Crippen molar-refractivity contribution < 1.29 is 14.9 Å². The SMILES string of the molecule is COc1cccc([C@]2(O)C[C@H]3CN(CC(O)c4ccccc4)C[C@H]3C2)c1. The molecule has 0 spiro atoms. The van der Waals surface area contributed by atoms with E-state index in [1.54, 1.807) is 7.11 Å². The van der Waals surface area contributed by atoms with Gasteiger partial charge < -0.3 is 14.9 Å². The summed E-state index contributed by atoms with van der Waals surface area (Å²) in [6.45, 7) is 2.55. The molecule has 0 amide bonds. The zero-order valence-electron chi connectivity index (χ0n) is 15.2. The second-order valence-corrected chi connectivity index (χ2v) is 7.84. The van der Waals surface area contributed by atoms with Crippen molar-refractivity contribution in [1.82, 2.24) is 4.90 Å². The van der Waals surface area contributed by atoms with E-state index in [0.717, 1.165) is 42.8 Å². The van der Waals surface area contributed by atoms with Gasteiger partial charge in [-0.2, -0.15) is 0 Å². The number of β-amino-alcohol motifs (C(OH)–C–C–N with tert-alkyl or cyclic N) is 1. The van der Waals surface area contributed by atoms with E-state index in [0.29, 0.717) is 18.4 Å². The minimum absolute atomic E-state index is 0.452. The van der Waals surface area contributed by atoms with E-state index in [1.807, 2.05) is 54.6 Å². The molecular weight excluding hydrogens is 326 g/mol. The van der Waals surface area contributed by atoms with Gasteiger partial charge in [-0.1, -0.05) is 42.5 Å². The molecule has 4 atom stereocenters. The Labute approximate surface area is 155 Å². The number of nitrogens with zero attached hydrogens (tertiary/aromatic N) is 1. The molecule has 4 heteroatoms. The average molecular weight is 353 g/mol. The molecule has 138 valence electrons. The van der Waals surface area contributed by atoms with E-state index >= 15 is 0 Å². The van der Waals surface area contributed by atoms with Gasteiger partial charge in [0.2, 0.25) is 0 Å². The zero-order valence-corrected chi connectivity index (χ0v) is 15.2. The molecule has 0 radical (unpaired) electrons. The molecule has 1 aliphatic heterocycles. The van der Waals surface area contributed by atoms with E-state index in [2.05, 4.69) is 4.90 Å². The highest BCUT2D eigenvalue weighted by molar-refractivity contribution is 5.33. The van der Waals surface area contributed by atoms with Crippen molar-refractivity contribution in [3.8, 4) is 5.75 Å². The van der Waals surface area contributed by atoms with Gasteiger partial charge in [0.25, 0.3) is 0 Å². The Hall–Kier alpha value is -1.88. The average Bonchev–Trinajstić information content (AvgIpc) is 3.17. The zero-order chi connectivity index (χ0) is 18.1. The van der Waals surface area contributed by atoms with Crippen LogP contribution in [-0.4, -0.2) is 41.9 Å². The van der Waals surface area contributed by atoms with E-state index in [1.165, 1.54) is 0 Å². The van der Waals surface area contributed by atoms with E-state index in [4.69, 9.17) is 4.74 Å². The lowest BCUT2D eigenvalue weighted by molar-refractivity contribution is 0.0286. The Morgan fingerprint density at radius 2 is 1.77 bits per heavy atom.